The molecule has 6 heteroatoms. The van der Waals surface area contributed by atoms with Crippen molar-refractivity contribution in [3.8, 4) is 0 Å². The van der Waals surface area contributed by atoms with Crippen LogP contribution in [0.1, 0.15) is 36.5 Å². The highest BCUT2D eigenvalue weighted by molar-refractivity contribution is 5.95. The second-order valence-electron chi connectivity index (χ2n) is 5.46. The Balaban J connectivity index is 2.10. The number of non-ortho nitro benzene ring substituents is 1. The zero-order chi connectivity index (χ0) is 14.7. The molecule has 0 aromatic heterocycles. The highest BCUT2D eigenvalue weighted by Crippen LogP contribution is 2.31. The molecule has 0 radical (unpaired) electrons. The molecule has 0 aliphatic heterocycles. The predicted molar refractivity (Wildman–Crippen MR) is 75.1 cm³/mol. The van der Waals surface area contributed by atoms with Crippen LogP contribution in [0, 0.1) is 22.0 Å². The van der Waals surface area contributed by atoms with Crippen LogP contribution in [0.15, 0.2) is 18.2 Å². The average Bonchev–Trinajstić information content (AvgIpc) is 2.81. The van der Waals surface area contributed by atoms with Crippen LogP contribution in [0.4, 0.5) is 11.4 Å². The average molecular weight is 278 g/mol. The quantitative estimate of drug-likeness (QED) is 0.637. The van der Waals surface area contributed by atoms with Crippen LogP contribution in [-0.4, -0.2) is 22.5 Å². The number of hydrogen-bond donors (Lipinski definition) is 2. The van der Waals surface area contributed by atoms with Crippen molar-refractivity contribution in [1.82, 2.24) is 0 Å². The van der Waals surface area contributed by atoms with Gasteiger partial charge in [0.25, 0.3) is 5.69 Å². The van der Waals surface area contributed by atoms with Gasteiger partial charge in [0.15, 0.2) is 0 Å². The smallest absolute Gasteiger partial charge is 0.338 e. The van der Waals surface area contributed by atoms with Gasteiger partial charge in [0.1, 0.15) is 0 Å². The fraction of sp³-hybridized carbons (Fsp3) is 0.500. The lowest BCUT2D eigenvalue weighted by atomic mass is 10.1. The first-order valence-corrected chi connectivity index (χ1v) is 6.73. The lowest BCUT2D eigenvalue weighted by Gasteiger charge is -2.14. The maximum absolute atomic E-state index is 11.2. The number of nitro groups is 1. The molecule has 1 aromatic carbocycles. The van der Waals surface area contributed by atoms with Crippen LogP contribution in [-0.2, 0) is 0 Å². The predicted octanol–water partition coefficient (Wildman–Crippen LogP) is 3.14. The van der Waals surface area contributed by atoms with E-state index in [-0.39, 0.29) is 11.3 Å². The van der Waals surface area contributed by atoms with Gasteiger partial charge in [-0.25, -0.2) is 4.79 Å². The number of benzene rings is 1. The summed E-state index contributed by atoms with van der Waals surface area (Å²) in [6.45, 7) is 2.93. The number of nitrogens with one attached hydrogen (secondary N) is 1. The van der Waals surface area contributed by atoms with Gasteiger partial charge < -0.3 is 10.4 Å². The van der Waals surface area contributed by atoms with E-state index < -0.39 is 10.9 Å². The summed E-state index contributed by atoms with van der Waals surface area (Å²) < 4.78 is 0. The number of carboxylic acid groups (broad SMARTS) is 1. The highest BCUT2D eigenvalue weighted by atomic mass is 16.6. The van der Waals surface area contributed by atoms with Gasteiger partial charge in [-0.1, -0.05) is 13.3 Å². The topological polar surface area (TPSA) is 92.5 Å². The van der Waals surface area contributed by atoms with E-state index in [1.165, 1.54) is 18.6 Å². The maximum Gasteiger partial charge on any atom is 0.338 e. The molecule has 2 unspecified atom stereocenters. The third kappa shape index (κ3) is 3.26. The summed E-state index contributed by atoms with van der Waals surface area (Å²) in [6, 6.07) is 3.90. The SMILES string of the molecule is CC1CCC(CNc2ccc([N+](=O)[O-])cc2C(=O)O)C1. The number of rotatable bonds is 5. The van der Waals surface area contributed by atoms with E-state index in [0.717, 1.165) is 24.8 Å². The highest BCUT2D eigenvalue weighted by Gasteiger charge is 2.22. The Labute approximate surface area is 117 Å². The minimum absolute atomic E-state index is 0.0507. The Bertz CT molecular complexity index is 530. The molecule has 1 aliphatic carbocycles. The van der Waals surface area contributed by atoms with E-state index in [9.17, 15) is 14.9 Å². The lowest BCUT2D eigenvalue weighted by Crippen LogP contribution is -2.14. The normalized spacial score (nSPS) is 21.6. The van der Waals surface area contributed by atoms with E-state index in [1.54, 1.807) is 0 Å². The molecular formula is C14H18N2O4. The number of carboxylic acids is 1. The van der Waals surface area contributed by atoms with Crippen LogP contribution in [0.3, 0.4) is 0 Å². The third-order valence-corrected chi connectivity index (χ3v) is 3.83. The van der Waals surface area contributed by atoms with Crippen molar-refractivity contribution in [2.45, 2.75) is 26.2 Å². The van der Waals surface area contributed by atoms with Gasteiger partial charge in [-0.2, -0.15) is 0 Å². The van der Waals surface area contributed by atoms with E-state index in [0.29, 0.717) is 18.2 Å². The van der Waals surface area contributed by atoms with Crippen molar-refractivity contribution in [2.24, 2.45) is 11.8 Å². The summed E-state index contributed by atoms with van der Waals surface area (Å²) in [5.74, 6) is 0.107. The minimum atomic E-state index is -1.16. The molecule has 2 atom stereocenters. The van der Waals surface area contributed by atoms with Crippen molar-refractivity contribution in [2.75, 3.05) is 11.9 Å². The number of aromatic carboxylic acids is 1. The summed E-state index contributed by atoms with van der Waals surface area (Å²) in [7, 11) is 0. The molecular weight excluding hydrogens is 260 g/mol. The summed E-state index contributed by atoms with van der Waals surface area (Å²) in [5.41, 5.74) is 0.190. The fourth-order valence-corrected chi connectivity index (χ4v) is 2.74. The molecule has 1 fully saturated rings. The molecule has 2 rings (SSSR count). The summed E-state index contributed by atoms with van der Waals surface area (Å²) in [4.78, 5) is 21.3. The molecule has 0 saturated heterocycles. The Hall–Kier alpha value is -2.11. The Kier molecular flexibility index (Phi) is 4.22. The summed E-state index contributed by atoms with van der Waals surface area (Å²) >= 11 is 0. The second kappa shape index (κ2) is 5.90. The molecule has 0 bridgehead atoms. The van der Waals surface area contributed by atoms with Crippen molar-refractivity contribution in [3.05, 3.63) is 33.9 Å². The Morgan fingerprint density at radius 3 is 2.80 bits per heavy atom. The van der Waals surface area contributed by atoms with Crippen molar-refractivity contribution >= 4 is 17.3 Å². The van der Waals surface area contributed by atoms with E-state index >= 15 is 0 Å². The molecule has 0 amide bonds. The number of nitrogens with zero attached hydrogens (tertiary/aromatic N) is 1. The van der Waals surface area contributed by atoms with E-state index in [2.05, 4.69) is 12.2 Å². The molecule has 6 nitrogen and oxygen atoms in total. The zero-order valence-corrected chi connectivity index (χ0v) is 11.3. The van der Waals surface area contributed by atoms with E-state index in [4.69, 9.17) is 5.11 Å². The standard InChI is InChI=1S/C14H18N2O4/c1-9-2-3-10(6-9)8-15-13-5-4-11(16(19)20)7-12(13)14(17)18/h4-5,7,9-10,15H,2-3,6,8H2,1H3,(H,17,18). The number of hydrogen-bond acceptors (Lipinski definition) is 4. The Morgan fingerprint density at radius 2 is 2.25 bits per heavy atom. The Morgan fingerprint density at radius 1 is 1.50 bits per heavy atom. The van der Waals surface area contributed by atoms with Gasteiger partial charge in [-0.05, 0) is 30.7 Å². The van der Waals surface area contributed by atoms with Crippen molar-refractivity contribution in [1.29, 1.82) is 0 Å². The van der Waals surface area contributed by atoms with Gasteiger partial charge in [-0.3, -0.25) is 10.1 Å². The van der Waals surface area contributed by atoms with Crippen molar-refractivity contribution < 1.29 is 14.8 Å². The fourth-order valence-electron chi connectivity index (χ4n) is 2.74. The number of nitro benzene ring substituents is 1. The molecule has 0 spiro atoms. The zero-order valence-electron chi connectivity index (χ0n) is 11.3. The van der Waals surface area contributed by atoms with Gasteiger partial charge in [-0.15, -0.1) is 0 Å². The number of anilines is 1. The number of carbonyl (C=O) groups is 1. The molecule has 1 saturated carbocycles. The van der Waals surface area contributed by atoms with Gasteiger partial charge in [0.05, 0.1) is 10.5 Å². The monoisotopic (exact) mass is 278 g/mol. The lowest BCUT2D eigenvalue weighted by molar-refractivity contribution is -0.384. The molecule has 1 aliphatic rings. The van der Waals surface area contributed by atoms with Crippen LogP contribution in [0.25, 0.3) is 0 Å². The van der Waals surface area contributed by atoms with Gasteiger partial charge in [0, 0.05) is 24.4 Å². The summed E-state index contributed by atoms with van der Waals surface area (Å²) in [6.07, 6.45) is 3.49. The third-order valence-electron chi connectivity index (χ3n) is 3.83. The molecule has 0 heterocycles. The largest absolute Gasteiger partial charge is 0.478 e. The first-order valence-electron chi connectivity index (χ1n) is 6.73. The maximum atomic E-state index is 11.2. The van der Waals surface area contributed by atoms with Crippen LogP contribution in [0.5, 0.6) is 0 Å². The molecule has 20 heavy (non-hydrogen) atoms. The van der Waals surface area contributed by atoms with Crippen LogP contribution >= 0.6 is 0 Å². The molecule has 1 aromatic rings. The molecule has 2 N–H and O–H groups in total. The van der Waals surface area contributed by atoms with Gasteiger partial charge in [0.2, 0.25) is 0 Å². The summed E-state index contributed by atoms with van der Waals surface area (Å²) in [5, 5.41) is 22.9. The van der Waals surface area contributed by atoms with Crippen LogP contribution in [0.2, 0.25) is 0 Å². The first kappa shape index (κ1) is 14.3. The first-order chi connectivity index (χ1) is 9.47. The van der Waals surface area contributed by atoms with E-state index in [1.807, 2.05) is 0 Å². The van der Waals surface area contributed by atoms with Crippen molar-refractivity contribution in [3.63, 3.8) is 0 Å². The second-order valence-corrected chi connectivity index (χ2v) is 5.46. The van der Waals surface area contributed by atoms with Crippen LogP contribution < -0.4 is 5.32 Å². The van der Waals surface area contributed by atoms with Gasteiger partial charge >= 0.3 is 5.97 Å². The minimum Gasteiger partial charge on any atom is -0.478 e. The molecule has 108 valence electrons.